The Kier molecular flexibility index (Phi) is 5.58. The summed E-state index contributed by atoms with van der Waals surface area (Å²) in [6.45, 7) is 5.40. The number of carbonyl (C=O) groups is 2. The molecule has 30 heavy (non-hydrogen) atoms. The number of pyridine rings is 1. The van der Waals surface area contributed by atoms with Gasteiger partial charge in [0.2, 0.25) is 5.91 Å². The van der Waals surface area contributed by atoms with Crippen LogP contribution in [0.1, 0.15) is 23.3 Å². The number of rotatable bonds is 5. The van der Waals surface area contributed by atoms with E-state index in [0.29, 0.717) is 17.1 Å². The fraction of sp³-hybridized carbons (Fsp3) is 0.273. The topological polar surface area (TPSA) is 103 Å². The van der Waals surface area contributed by atoms with Crippen LogP contribution < -0.4 is 10.6 Å². The highest BCUT2D eigenvalue weighted by molar-refractivity contribution is 6.05. The lowest BCUT2D eigenvalue weighted by molar-refractivity contribution is -0.111. The first-order valence-corrected chi connectivity index (χ1v) is 9.91. The molecule has 1 aliphatic rings. The Bertz CT molecular complexity index is 1100. The predicted octanol–water partition coefficient (Wildman–Crippen LogP) is 2.57. The van der Waals surface area contributed by atoms with E-state index in [4.69, 9.17) is 0 Å². The zero-order valence-corrected chi connectivity index (χ0v) is 16.8. The van der Waals surface area contributed by atoms with Gasteiger partial charge < -0.3 is 15.5 Å². The van der Waals surface area contributed by atoms with E-state index < -0.39 is 0 Å². The number of aromatic nitrogens is 3. The number of hydrogen-bond acceptors (Lipinski definition) is 5. The highest BCUT2D eigenvalue weighted by atomic mass is 16.2. The fourth-order valence-electron chi connectivity index (χ4n) is 3.61. The summed E-state index contributed by atoms with van der Waals surface area (Å²) in [6, 6.07) is 9.32. The quantitative estimate of drug-likeness (QED) is 0.567. The lowest BCUT2D eigenvalue weighted by atomic mass is 10.0. The van der Waals surface area contributed by atoms with Crippen molar-refractivity contribution in [3.8, 4) is 11.3 Å². The van der Waals surface area contributed by atoms with Crippen LogP contribution >= 0.6 is 0 Å². The fourth-order valence-corrected chi connectivity index (χ4v) is 3.61. The van der Waals surface area contributed by atoms with E-state index in [1.807, 2.05) is 18.2 Å². The van der Waals surface area contributed by atoms with Crippen LogP contribution in [0, 0.1) is 0 Å². The number of aromatic amines is 1. The summed E-state index contributed by atoms with van der Waals surface area (Å²) < 4.78 is 0. The Morgan fingerprint density at radius 3 is 2.80 bits per heavy atom. The third-order valence-electron chi connectivity index (χ3n) is 5.34. The molecular formula is C22H24N6O2. The SMILES string of the molecule is C=CC(=O)Nc1ccnc(-c2ccc3[nH]nc(C(=O)NC4CCN(C)CC4)c3c2)c1. The molecule has 1 aromatic carbocycles. The van der Waals surface area contributed by atoms with Crippen molar-refractivity contribution in [3.05, 3.63) is 54.9 Å². The molecule has 0 unspecified atom stereocenters. The van der Waals surface area contributed by atoms with Crippen molar-refractivity contribution >= 4 is 28.4 Å². The number of fused-ring (bicyclic) bond motifs is 1. The van der Waals surface area contributed by atoms with Crippen LogP contribution in [0.2, 0.25) is 0 Å². The predicted molar refractivity (Wildman–Crippen MR) is 116 cm³/mol. The van der Waals surface area contributed by atoms with Gasteiger partial charge in [-0.3, -0.25) is 19.7 Å². The van der Waals surface area contributed by atoms with Gasteiger partial charge in [0.05, 0.1) is 11.2 Å². The second-order valence-electron chi connectivity index (χ2n) is 7.51. The van der Waals surface area contributed by atoms with Gasteiger partial charge in [0.25, 0.3) is 5.91 Å². The van der Waals surface area contributed by atoms with Crippen LogP contribution in [0.4, 0.5) is 5.69 Å². The maximum Gasteiger partial charge on any atom is 0.272 e. The van der Waals surface area contributed by atoms with Crippen LogP contribution in [0.25, 0.3) is 22.2 Å². The minimum absolute atomic E-state index is 0.162. The molecular weight excluding hydrogens is 380 g/mol. The molecule has 2 amide bonds. The Morgan fingerprint density at radius 1 is 1.23 bits per heavy atom. The molecule has 0 aliphatic carbocycles. The molecule has 0 radical (unpaired) electrons. The molecule has 0 saturated carbocycles. The number of carbonyl (C=O) groups excluding carboxylic acids is 2. The number of anilines is 1. The van der Waals surface area contributed by atoms with Crippen LogP contribution in [0.5, 0.6) is 0 Å². The standard InChI is InChI=1S/C22H24N6O2/c1-3-20(29)24-16-6-9-23-19(13-16)14-4-5-18-17(12-14)21(27-26-18)22(30)25-15-7-10-28(2)11-8-15/h3-6,9,12-13,15H,1,7-8,10-11H2,2H3,(H,25,30)(H,26,27)(H,23,24,29). The normalized spacial score (nSPS) is 15.1. The van der Waals surface area contributed by atoms with Crippen LogP contribution in [0.3, 0.4) is 0 Å². The van der Waals surface area contributed by atoms with Gasteiger partial charge in [-0.2, -0.15) is 5.10 Å². The lowest BCUT2D eigenvalue weighted by Gasteiger charge is -2.29. The highest BCUT2D eigenvalue weighted by Gasteiger charge is 2.22. The Balaban J connectivity index is 1.58. The van der Waals surface area contributed by atoms with E-state index in [1.165, 1.54) is 6.08 Å². The number of H-pyrrole nitrogens is 1. The van der Waals surface area contributed by atoms with E-state index in [1.54, 1.807) is 18.3 Å². The van der Waals surface area contributed by atoms with E-state index in [-0.39, 0.29) is 17.9 Å². The second kappa shape index (κ2) is 8.46. The van der Waals surface area contributed by atoms with Crippen molar-refractivity contribution in [2.24, 2.45) is 0 Å². The van der Waals surface area contributed by atoms with Crippen molar-refractivity contribution in [1.29, 1.82) is 0 Å². The molecule has 2 aromatic heterocycles. The zero-order chi connectivity index (χ0) is 21.1. The molecule has 0 atom stereocenters. The summed E-state index contributed by atoms with van der Waals surface area (Å²) in [5.74, 6) is -0.460. The van der Waals surface area contributed by atoms with Crippen molar-refractivity contribution in [1.82, 2.24) is 25.4 Å². The lowest BCUT2D eigenvalue weighted by Crippen LogP contribution is -2.43. The molecule has 154 valence electrons. The van der Waals surface area contributed by atoms with Crippen LogP contribution in [-0.4, -0.2) is 58.1 Å². The third kappa shape index (κ3) is 4.23. The summed E-state index contributed by atoms with van der Waals surface area (Å²) >= 11 is 0. The number of hydrogen-bond donors (Lipinski definition) is 3. The molecule has 3 N–H and O–H groups in total. The van der Waals surface area contributed by atoms with Crippen molar-refractivity contribution < 1.29 is 9.59 Å². The molecule has 8 heteroatoms. The minimum atomic E-state index is -0.287. The Labute approximate surface area is 174 Å². The van der Waals surface area contributed by atoms with E-state index in [2.05, 4.69) is 44.3 Å². The first-order chi connectivity index (χ1) is 14.5. The monoisotopic (exact) mass is 404 g/mol. The van der Waals surface area contributed by atoms with Gasteiger partial charge in [0.15, 0.2) is 5.69 Å². The van der Waals surface area contributed by atoms with Crippen molar-refractivity contribution in [2.75, 3.05) is 25.5 Å². The van der Waals surface area contributed by atoms with E-state index in [0.717, 1.165) is 42.4 Å². The molecule has 0 bridgehead atoms. The molecule has 4 rings (SSSR count). The smallest absolute Gasteiger partial charge is 0.272 e. The molecule has 3 heterocycles. The number of benzene rings is 1. The van der Waals surface area contributed by atoms with E-state index >= 15 is 0 Å². The zero-order valence-electron chi connectivity index (χ0n) is 16.8. The summed E-state index contributed by atoms with van der Waals surface area (Å²) in [6.07, 6.45) is 4.71. The van der Waals surface area contributed by atoms with Gasteiger partial charge in [0.1, 0.15) is 0 Å². The highest BCUT2D eigenvalue weighted by Crippen LogP contribution is 2.26. The van der Waals surface area contributed by atoms with Gasteiger partial charge in [-0.05, 0) is 63.3 Å². The van der Waals surface area contributed by atoms with Gasteiger partial charge in [-0.15, -0.1) is 0 Å². The van der Waals surface area contributed by atoms with Gasteiger partial charge in [0, 0.05) is 28.9 Å². The maximum absolute atomic E-state index is 12.8. The molecule has 1 aliphatic heterocycles. The molecule has 1 saturated heterocycles. The first kappa shape index (κ1) is 19.8. The van der Waals surface area contributed by atoms with Crippen molar-refractivity contribution in [3.63, 3.8) is 0 Å². The number of nitrogens with one attached hydrogen (secondary N) is 3. The average molecular weight is 404 g/mol. The summed E-state index contributed by atoms with van der Waals surface area (Å²) in [5.41, 5.74) is 3.29. The number of likely N-dealkylation sites (tertiary alicyclic amines) is 1. The summed E-state index contributed by atoms with van der Waals surface area (Å²) in [7, 11) is 2.09. The minimum Gasteiger partial charge on any atom is -0.348 e. The molecule has 1 fully saturated rings. The summed E-state index contributed by atoms with van der Waals surface area (Å²) in [4.78, 5) is 31.1. The van der Waals surface area contributed by atoms with Crippen LogP contribution in [0.15, 0.2) is 49.2 Å². The number of amides is 2. The van der Waals surface area contributed by atoms with Crippen LogP contribution in [-0.2, 0) is 4.79 Å². The Hall–Kier alpha value is -3.52. The molecule has 0 spiro atoms. The number of piperidine rings is 1. The summed E-state index contributed by atoms with van der Waals surface area (Å²) in [5, 5.41) is 13.7. The van der Waals surface area contributed by atoms with Crippen molar-refractivity contribution in [2.45, 2.75) is 18.9 Å². The third-order valence-corrected chi connectivity index (χ3v) is 5.34. The first-order valence-electron chi connectivity index (χ1n) is 9.91. The largest absolute Gasteiger partial charge is 0.348 e. The Morgan fingerprint density at radius 2 is 2.03 bits per heavy atom. The second-order valence-corrected chi connectivity index (χ2v) is 7.51. The average Bonchev–Trinajstić information content (AvgIpc) is 3.19. The van der Waals surface area contributed by atoms with Gasteiger partial charge in [-0.1, -0.05) is 12.6 Å². The molecule has 3 aromatic rings. The molecule has 8 nitrogen and oxygen atoms in total. The maximum atomic E-state index is 12.8. The van der Waals surface area contributed by atoms with Gasteiger partial charge >= 0.3 is 0 Å². The van der Waals surface area contributed by atoms with E-state index in [9.17, 15) is 9.59 Å². The number of nitrogens with zero attached hydrogens (tertiary/aromatic N) is 3. The van der Waals surface area contributed by atoms with Gasteiger partial charge in [-0.25, -0.2) is 0 Å².